The summed E-state index contributed by atoms with van der Waals surface area (Å²) in [6.45, 7) is 0.488. The van der Waals surface area contributed by atoms with Crippen LogP contribution < -0.4 is 10.6 Å². The van der Waals surface area contributed by atoms with Crippen LogP contribution >= 0.6 is 11.6 Å². The summed E-state index contributed by atoms with van der Waals surface area (Å²) in [5.74, 6) is 0.832. The molecule has 0 heterocycles. The van der Waals surface area contributed by atoms with Crippen molar-refractivity contribution in [1.82, 2.24) is 5.32 Å². The van der Waals surface area contributed by atoms with E-state index in [0.717, 1.165) is 28.2 Å². The molecule has 0 unspecified atom stereocenters. The summed E-state index contributed by atoms with van der Waals surface area (Å²) < 4.78 is 0. The van der Waals surface area contributed by atoms with Crippen molar-refractivity contribution in [2.75, 3.05) is 18.5 Å². The van der Waals surface area contributed by atoms with Gasteiger partial charge in [0.05, 0.1) is 6.61 Å². The number of benzene rings is 3. The molecule has 0 fully saturated rings. The van der Waals surface area contributed by atoms with Crippen LogP contribution in [0.5, 0.6) is 0 Å². The number of anilines is 1. The molecule has 3 rings (SSSR count). The summed E-state index contributed by atoms with van der Waals surface area (Å²) in [5, 5.41) is 16.8. The standard InChI is InChI=1S/C22H21ClN2O/c23-19-11-13-20(14-12-19)25-22(24-15-16-26)21(17-7-3-1-4-8-17)18-9-5-2-6-10-18/h1-14,24-26H,15-16H2. The molecule has 0 atom stereocenters. The van der Waals surface area contributed by atoms with E-state index in [1.807, 2.05) is 60.7 Å². The van der Waals surface area contributed by atoms with Crippen LogP contribution in [0.3, 0.4) is 0 Å². The van der Waals surface area contributed by atoms with Crippen molar-refractivity contribution in [2.45, 2.75) is 0 Å². The molecule has 3 nitrogen and oxygen atoms in total. The number of halogens is 1. The summed E-state index contributed by atoms with van der Waals surface area (Å²) in [7, 11) is 0. The predicted octanol–water partition coefficient (Wildman–Crippen LogP) is 4.75. The van der Waals surface area contributed by atoms with Gasteiger partial charge in [-0.1, -0.05) is 72.3 Å². The molecule has 3 N–H and O–H groups in total. The molecule has 4 heteroatoms. The van der Waals surface area contributed by atoms with Gasteiger partial charge in [-0.15, -0.1) is 0 Å². The highest BCUT2D eigenvalue weighted by Crippen LogP contribution is 2.27. The fourth-order valence-electron chi connectivity index (χ4n) is 2.72. The smallest absolute Gasteiger partial charge is 0.112 e. The van der Waals surface area contributed by atoms with E-state index < -0.39 is 0 Å². The first-order valence-electron chi connectivity index (χ1n) is 8.50. The third kappa shape index (κ3) is 4.66. The highest BCUT2D eigenvalue weighted by molar-refractivity contribution is 6.30. The van der Waals surface area contributed by atoms with Gasteiger partial charge in [0, 0.05) is 22.8 Å². The van der Waals surface area contributed by atoms with Crippen LogP contribution in [0.2, 0.25) is 5.02 Å². The topological polar surface area (TPSA) is 44.3 Å². The summed E-state index contributed by atoms with van der Waals surface area (Å²) in [4.78, 5) is 0. The first-order chi connectivity index (χ1) is 12.8. The molecule has 0 aliphatic rings. The van der Waals surface area contributed by atoms with Crippen molar-refractivity contribution in [1.29, 1.82) is 0 Å². The molecule has 3 aromatic carbocycles. The molecule has 0 radical (unpaired) electrons. The van der Waals surface area contributed by atoms with E-state index in [1.165, 1.54) is 0 Å². The maximum absolute atomic E-state index is 9.31. The van der Waals surface area contributed by atoms with E-state index in [0.29, 0.717) is 11.6 Å². The van der Waals surface area contributed by atoms with Gasteiger partial charge in [0.25, 0.3) is 0 Å². The van der Waals surface area contributed by atoms with Crippen LogP contribution in [0.25, 0.3) is 5.57 Å². The SMILES string of the molecule is OCCNC(Nc1ccc(Cl)cc1)=C(c1ccccc1)c1ccccc1. The Morgan fingerprint density at radius 1 is 0.769 bits per heavy atom. The Labute approximate surface area is 159 Å². The lowest BCUT2D eigenvalue weighted by atomic mass is 9.97. The van der Waals surface area contributed by atoms with Gasteiger partial charge in [-0.2, -0.15) is 0 Å². The molecular formula is C22H21ClN2O. The maximum Gasteiger partial charge on any atom is 0.112 e. The monoisotopic (exact) mass is 364 g/mol. The third-order valence-electron chi connectivity index (χ3n) is 3.90. The first kappa shape index (κ1) is 18.1. The fraction of sp³-hybridized carbons (Fsp3) is 0.0909. The minimum absolute atomic E-state index is 0.0443. The van der Waals surface area contributed by atoms with Crippen LogP contribution in [0.1, 0.15) is 11.1 Å². The van der Waals surface area contributed by atoms with Crippen LogP contribution in [0, 0.1) is 0 Å². The summed E-state index contributed by atoms with van der Waals surface area (Å²) in [6.07, 6.45) is 0. The van der Waals surface area contributed by atoms with E-state index in [9.17, 15) is 5.11 Å². The van der Waals surface area contributed by atoms with Crippen LogP contribution in [0.4, 0.5) is 5.69 Å². The lowest BCUT2D eigenvalue weighted by Gasteiger charge is -2.20. The second-order valence-electron chi connectivity index (χ2n) is 5.76. The van der Waals surface area contributed by atoms with E-state index >= 15 is 0 Å². The Morgan fingerprint density at radius 2 is 1.31 bits per heavy atom. The Bertz CT molecular complexity index is 805. The summed E-state index contributed by atoms with van der Waals surface area (Å²) in [5.41, 5.74) is 4.12. The minimum Gasteiger partial charge on any atom is -0.395 e. The fourth-order valence-corrected chi connectivity index (χ4v) is 2.84. The number of nitrogens with one attached hydrogen (secondary N) is 2. The van der Waals surface area contributed by atoms with E-state index in [1.54, 1.807) is 0 Å². The molecule has 0 aliphatic carbocycles. The van der Waals surface area contributed by atoms with Gasteiger partial charge < -0.3 is 15.7 Å². The number of hydrogen-bond acceptors (Lipinski definition) is 3. The second-order valence-corrected chi connectivity index (χ2v) is 6.20. The third-order valence-corrected chi connectivity index (χ3v) is 4.15. The quantitative estimate of drug-likeness (QED) is 0.566. The van der Waals surface area contributed by atoms with Crippen molar-refractivity contribution < 1.29 is 5.11 Å². The van der Waals surface area contributed by atoms with Gasteiger partial charge in [-0.05, 0) is 35.4 Å². The highest BCUT2D eigenvalue weighted by Gasteiger charge is 2.12. The summed E-state index contributed by atoms with van der Waals surface area (Å²) in [6, 6.07) is 27.9. The van der Waals surface area contributed by atoms with Gasteiger partial charge in [0.2, 0.25) is 0 Å². The molecule has 0 aliphatic heterocycles. The molecule has 0 saturated carbocycles. The highest BCUT2D eigenvalue weighted by atomic mass is 35.5. The molecule has 3 aromatic rings. The average Bonchev–Trinajstić information content (AvgIpc) is 2.69. The molecule has 0 amide bonds. The second kappa shape index (κ2) is 9.09. The van der Waals surface area contributed by atoms with E-state index in [2.05, 4.69) is 34.9 Å². The largest absolute Gasteiger partial charge is 0.395 e. The Morgan fingerprint density at radius 3 is 1.81 bits per heavy atom. The number of aliphatic hydroxyl groups is 1. The van der Waals surface area contributed by atoms with Crippen molar-refractivity contribution in [3.63, 3.8) is 0 Å². The lowest BCUT2D eigenvalue weighted by molar-refractivity contribution is 0.297. The summed E-state index contributed by atoms with van der Waals surface area (Å²) >= 11 is 6.00. The van der Waals surface area contributed by atoms with Crippen molar-refractivity contribution in [2.24, 2.45) is 0 Å². The van der Waals surface area contributed by atoms with E-state index in [-0.39, 0.29) is 6.61 Å². The zero-order chi connectivity index (χ0) is 18.2. The molecule has 132 valence electrons. The normalized spacial score (nSPS) is 10.2. The van der Waals surface area contributed by atoms with Crippen molar-refractivity contribution in [3.05, 3.63) is 107 Å². The van der Waals surface area contributed by atoms with Gasteiger partial charge in [-0.25, -0.2) is 0 Å². The van der Waals surface area contributed by atoms with Crippen molar-refractivity contribution in [3.8, 4) is 0 Å². The van der Waals surface area contributed by atoms with Crippen molar-refractivity contribution >= 4 is 22.9 Å². The maximum atomic E-state index is 9.31. The molecule has 0 aromatic heterocycles. The number of hydrogen-bond donors (Lipinski definition) is 3. The minimum atomic E-state index is 0.0443. The molecule has 26 heavy (non-hydrogen) atoms. The van der Waals surface area contributed by atoms with Gasteiger partial charge in [-0.3, -0.25) is 0 Å². The van der Waals surface area contributed by atoms with Gasteiger partial charge in [0.1, 0.15) is 5.82 Å². The number of rotatable bonds is 7. The zero-order valence-corrected chi connectivity index (χ0v) is 15.1. The van der Waals surface area contributed by atoms with Crippen LogP contribution in [-0.4, -0.2) is 18.3 Å². The average molecular weight is 365 g/mol. The molecule has 0 spiro atoms. The molecule has 0 saturated heterocycles. The lowest BCUT2D eigenvalue weighted by Crippen LogP contribution is -2.24. The van der Waals surface area contributed by atoms with Crippen LogP contribution in [-0.2, 0) is 0 Å². The van der Waals surface area contributed by atoms with Gasteiger partial charge >= 0.3 is 0 Å². The van der Waals surface area contributed by atoms with E-state index in [4.69, 9.17) is 11.6 Å². The zero-order valence-electron chi connectivity index (χ0n) is 14.3. The molecular weight excluding hydrogens is 344 g/mol. The number of aliphatic hydroxyl groups excluding tert-OH is 1. The first-order valence-corrected chi connectivity index (χ1v) is 8.88. The Hall–Kier alpha value is -2.75. The Balaban J connectivity index is 2.10. The Kier molecular flexibility index (Phi) is 6.31. The predicted molar refractivity (Wildman–Crippen MR) is 109 cm³/mol. The molecule has 0 bridgehead atoms. The van der Waals surface area contributed by atoms with Gasteiger partial charge in [0.15, 0.2) is 0 Å². The van der Waals surface area contributed by atoms with Crippen LogP contribution in [0.15, 0.2) is 90.8 Å².